The van der Waals surface area contributed by atoms with Crippen molar-refractivity contribution in [3.8, 4) is 34.2 Å². The van der Waals surface area contributed by atoms with Crippen LogP contribution >= 0.6 is 11.8 Å². The van der Waals surface area contributed by atoms with Crippen LogP contribution in [-0.2, 0) is 0 Å². The number of nitrogens with zero attached hydrogens (tertiary/aromatic N) is 1. The van der Waals surface area contributed by atoms with Crippen molar-refractivity contribution in [1.29, 1.82) is 0 Å². The van der Waals surface area contributed by atoms with Gasteiger partial charge in [0, 0.05) is 16.6 Å². The van der Waals surface area contributed by atoms with Gasteiger partial charge in [0.2, 0.25) is 0 Å². The summed E-state index contributed by atoms with van der Waals surface area (Å²) in [4.78, 5) is 27.4. The third kappa shape index (κ3) is 4.23. The average Bonchev–Trinajstić information content (AvgIpc) is 2.91. The molecule has 1 N–H and O–H groups in total. The molecule has 0 bridgehead atoms. The molecule has 0 amide bonds. The predicted octanol–water partition coefficient (Wildman–Crippen LogP) is 5.48. The van der Waals surface area contributed by atoms with Crippen molar-refractivity contribution in [1.82, 2.24) is 4.57 Å². The number of fused-ring (bicyclic) bond motifs is 1. The summed E-state index contributed by atoms with van der Waals surface area (Å²) in [6, 6.07) is 24.9. The number of rotatable bonds is 6. The molecular weight excluding hydrogens is 478 g/mol. The number of aromatic hydroxyl groups is 1. The molecule has 36 heavy (non-hydrogen) atoms. The van der Waals surface area contributed by atoms with Crippen LogP contribution in [0.5, 0.6) is 17.2 Å². The Morgan fingerprint density at radius 2 is 1.44 bits per heavy atom. The van der Waals surface area contributed by atoms with Crippen LogP contribution in [-0.4, -0.2) is 23.9 Å². The molecule has 3 aromatic carbocycles. The number of hydrogen-bond acceptors (Lipinski definition) is 7. The van der Waals surface area contributed by atoms with Crippen molar-refractivity contribution in [2.75, 3.05) is 14.2 Å². The zero-order chi connectivity index (χ0) is 25.2. The summed E-state index contributed by atoms with van der Waals surface area (Å²) in [5, 5.41) is 11.1. The second kappa shape index (κ2) is 9.67. The Labute approximate surface area is 210 Å². The van der Waals surface area contributed by atoms with Crippen molar-refractivity contribution < 1.29 is 19.0 Å². The Morgan fingerprint density at radius 1 is 0.833 bits per heavy atom. The van der Waals surface area contributed by atoms with Gasteiger partial charge in [-0.05, 0) is 54.1 Å². The fraction of sp³-hybridized carbons (Fsp3) is 0.0714. The normalized spacial score (nSPS) is 10.9. The van der Waals surface area contributed by atoms with Crippen LogP contribution in [0.25, 0.3) is 27.9 Å². The first-order valence-electron chi connectivity index (χ1n) is 11.0. The van der Waals surface area contributed by atoms with E-state index in [1.54, 1.807) is 68.8 Å². The molecule has 5 rings (SSSR count). The van der Waals surface area contributed by atoms with E-state index in [1.807, 2.05) is 30.3 Å². The Balaban J connectivity index is 1.75. The molecule has 0 radical (unpaired) electrons. The zero-order valence-electron chi connectivity index (χ0n) is 19.4. The molecule has 0 spiro atoms. The van der Waals surface area contributed by atoms with E-state index < -0.39 is 16.9 Å². The topological polar surface area (TPSA) is 90.9 Å². The summed E-state index contributed by atoms with van der Waals surface area (Å²) in [6.45, 7) is 0. The highest BCUT2D eigenvalue weighted by Gasteiger charge is 2.22. The summed E-state index contributed by atoms with van der Waals surface area (Å²) >= 11 is 1.01. The van der Waals surface area contributed by atoms with Gasteiger partial charge in [0.05, 0.1) is 19.9 Å². The van der Waals surface area contributed by atoms with Gasteiger partial charge in [0.1, 0.15) is 27.4 Å². The minimum Gasteiger partial charge on any atom is -0.505 e. The van der Waals surface area contributed by atoms with E-state index in [9.17, 15) is 14.7 Å². The van der Waals surface area contributed by atoms with Crippen LogP contribution < -0.4 is 20.7 Å². The van der Waals surface area contributed by atoms with Gasteiger partial charge in [-0.2, -0.15) is 0 Å². The van der Waals surface area contributed by atoms with E-state index in [2.05, 4.69) is 0 Å². The van der Waals surface area contributed by atoms with Crippen molar-refractivity contribution in [3.05, 3.63) is 106 Å². The van der Waals surface area contributed by atoms with E-state index in [1.165, 1.54) is 4.57 Å². The van der Waals surface area contributed by atoms with Crippen molar-refractivity contribution >= 4 is 22.7 Å². The van der Waals surface area contributed by atoms with Gasteiger partial charge >= 0.3 is 5.63 Å². The number of benzene rings is 3. The lowest BCUT2D eigenvalue weighted by Crippen LogP contribution is -2.21. The molecule has 0 aliphatic heterocycles. The molecule has 0 fully saturated rings. The summed E-state index contributed by atoms with van der Waals surface area (Å²) in [6.07, 6.45) is 0. The monoisotopic (exact) mass is 499 g/mol. The predicted molar refractivity (Wildman–Crippen MR) is 139 cm³/mol. The van der Waals surface area contributed by atoms with Crippen LogP contribution in [0.2, 0.25) is 0 Å². The first kappa shape index (κ1) is 23.3. The summed E-state index contributed by atoms with van der Waals surface area (Å²) in [7, 11) is 3.12. The van der Waals surface area contributed by atoms with E-state index in [0.717, 1.165) is 17.3 Å². The third-order valence-corrected chi connectivity index (χ3v) is 6.76. The summed E-state index contributed by atoms with van der Waals surface area (Å²) < 4.78 is 17.5. The smallest absolute Gasteiger partial charge is 0.354 e. The molecule has 0 unspecified atom stereocenters. The maximum atomic E-state index is 13.9. The first-order chi connectivity index (χ1) is 17.5. The molecule has 0 saturated carbocycles. The van der Waals surface area contributed by atoms with Crippen molar-refractivity contribution in [2.45, 2.75) is 9.79 Å². The highest BCUT2D eigenvalue weighted by molar-refractivity contribution is 7.99. The lowest BCUT2D eigenvalue weighted by molar-refractivity contribution is 0.414. The van der Waals surface area contributed by atoms with Gasteiger partial charge in [0.15, 0.2) is 5.75 Å². The highest BCUT2D eigenvalue weighted by atomic mass is 32.2. The average molecular weight is 500 g/mol. The third-order valence-electron chi connectivity index (χ3n) is 5.69. The number of hydrogen-bond donors (Lipinski definition) is 1. The van der Waals surface area contributed by atoms with Gasteiger partial charge in [-0.3, -0.25) is 9.36 Å². The summed E-state index contributed by atoms with van der Waals surface area (Å²) in [5.74, 6) is 0.875. The second-order valence-corrected chi connectivity index (χ2v) is 8.90. The van der Waals surface area contributed by atoms with Gasteiger partial charge < -0.3 is 19.0 Å². The molecule has 0 aliphatic carbocycles. The maximum Gasteiger partial charge on any atom is 0.354 e. The Morgan fingerprint density at radius 3 is 2.06 bits per heavy atom. The molecule has 8 heteroatoms. The maximum absolute atomic E-state index is 13.9. The highest BCUT2D eigenvalue weighted by Crippen LogP contribution is 2.37. The van der Waals surface area contributed by atoms with Gasteiger partial charge in [-0.15, -0.1) is 0 Å². The van der Waals surface area contributed by atoms with Gasteiger partial charge in [-0.25, -0.2) is 4.79 Å². The number of pyridine rings is 1. The molecule has 180 valence electrons. The van der Waals surface area contributed by atoms with Crippen LogP contribution in [0.3, 0.4) is 0 Å². The van der Waals surface area contributed by atoms with E-state index in [-0.39, 0.29) is 15.9 Å². The largest absolute Gasteiger partial charge is 0.505 e. The van der Waals surface area contributed by atoms with Gasteiger partial charge in [-0.1, -0.05) is 42.1 Å². The quantitative estimate of drug-likeness (QED) is 0.331. The Kier molecular flexibility index (Phi) is 6.26. The van der Waals surface area contributed by atoms with Crippen LogP contribution in [0.1, 0.15) is 0 Å². The number of methoxy groups -OCH3 is 2. The lowest BCUT2D eigenvalue weighted by Gasteiger charge is -2.16. The first-order valence-corrected chi connectivity index (χ1v) is 11.8. The van der Waals surface area contributed by atoms with E-state index in [4.69, 9.17) is 13.9 Å². The molecule has 5 aromatic rings. The minimum atomic E-state index is -0.735. The Hall–Kier alpha value is -4.43. The molecule has 0 saturated heterocycles. The summed E-state index contributed by atoms with van der Waals surface area (Å²) in [5.41, 5.74) is 0.569. The lowest BCUT2D eigenvalue weighted by atomic mass is 10.1. The molecule has 0 aliphatic rings. The molecule has 2 aromatic heterocycles. The molecule has 2 heterocycles. The second-order valence-electron chi connectivity index (χ2n) is 7.82. The van der Waals surface area contributed by atoms with Crippen LogP contribution in [0.15, 0.2) is 109 Å². The standard InChI is InChI=1S/C28H21NO6S/c1-33-19-10-8-18(9-11-19)29-22(17-6-4-3-5-7-17)16-23-24(27(29)31)25(30)26(28(32)35-23)36-21-14-12-20(34-2)13-15-21/h3-16,30H,1-2H3. The van der Waals surface area contributed by atoms with Crippen molar-refractivity contribution in [2.24, 2.45) is 0 Å². The van der Waals surface area contributed by atoms with Gasteiger partial charge in [0.25, 0.3) is 5.56 Å². The minimum absolute atomic E-state index is 0.00481. The van der Waals surface area contributed by atoms with E-state index >= 15 is 0 Å². The molecule has 7 nitrogen and oxygen atoms in total. The number of ether oxygens (including phenoxy) is 2. The molecule has 0 atom stereocenters. The zero-order valence-corrected chi connectivity index (χ0v) is 20.2. The number of aromatic nitrogens is 1. The Bertz CT molecular complexity index is 1660. The fourth-order valence-electron chi connectivity index (χ4n) is 3.90. The van der Waals surface area contributed by atoms with E-state index in [0.29, 0.717) is 27.8 Å². The SMILES string of the molecule is COc1ccc(Sc2c(O)c3c(=O)n(-c4ccc(OC)cc4)c(-c4ccccc4)cc3oc2=O)cc1. The van der Waals surface area contributed by atoms with Crippen molar-refractivity contribution in [3.63, 3.8) is 0 Å². The fourth-order valence-corrected chi connectivity index (χ4v) is 4.73. The van der Waals surface area contributed by atoms with Crippen LogP contribution in [0, 0.1) is 0 Å². The molecular formula is C28H21NO6S. The van der Waals surface area contributed by atoms with Crippen LogP contribution in [0.4, 0.5) is 0 Å².